The molecule has 0 spiro atoms. The van der Waals surface area contributed by atoms with Crippen LogP contribution in [0.15, 0.2) is 18.2 Å². The fraction of sp³-hybridized carbons (Fsp3) is 0.652. The second-order valence-electron chi connectivity index (χ2n) is 9.15. The number of rotatable bonds is 9. The van der Waals surface area contributed by atoms with E-state index >= 15 is 0 Å². The lowest BCUT2D eigenvalue weighted by Gasteiger charge is -2.56. The summed E-state index contributed by atoms with van der Waals surface area (Å²) >= 11 is 0. The van der Waals surface area contributed by atoms with E-state index in [4.69, 9.17) is 9.47 Å². The first-order valence-electron chi connectivity index (χ1n) is 10.7. The predicted octanol–water partition coefficient (Wildman–Crippen LogP) is 4.00. The molecule has 0 aliphatic heterocycles. The summed E-state index contributed by atoms with van der Waals surface area (Å²) in [5.41, 5.74) is 0.740. The van der Waals surface area contributed by atoms with Crippen molar-refractivity contribution in [1.82, 2.24) is 5.32 Å². The molecule has 0 radical (unpaired) electrons. The van der Waals surface area contributed by atoms with Crippen LogP contribution in [0.2, 0.25) is 0 Å². The summed E-state index contributed by atoms with van der Waals surface area (Å²) in [6, 6.07) is 5.10. The quantitative estimate of drug-likeness (QED) is 0.653. The number of aldehydes is 1. The maximum atomic E-state index is 12.4. The first-order valence-corrected chi connectivity index (χ1v) is 10.7. The number of ether oxygens (including phenoxy) is 2. The van der Waals surface area contributed by atoms with Gasteiger partial charge in [0, 0.05) is 12.6 Å². The minimum absolute atomic E-state index is 0.0789. The Kier molecular flexibility index (Phi) is 5.61. The lowest BCUT2D eigenvalue weighted by Crippen LogP contribution is -2.51. The summed E-state index contributed by atoms with van der Waals surface area (Å²) in [6.07, 6.45) is 9.67. The van der Waals surface area contributed by atoms with E-state index in [1.54, 1.807) is 18.2 Å². The average Bonchev–Trinajstić information content (AvgIpc) is 2.68. The van der Waals surface area contributed by atoms with Gasteiger partial charge in [0.25, 0.3) is 5.91 Å². The Bertz CT molecular complexity index is 694. The SMILES string of the molecule is CCCOc1ccc(C=O)c(OCC(=O)NCC23CC4CC(CC(C4)C2)C3)c1. The second-order valence-corrected chi connectivity index (χ2v) is 9.15. The van der Waals surface area contributed by atoms with Gasteiger partial charge in [0.1, 0.15) is 11.5 Å². The van der Waals surface area contributed by atoms with Crippen molar-refractivity contribution >= 4 is 12.2 Å². The Morgan fingerprint density at radius 1 is 1.14 bits per heavy atom. The van der Waals surface area contributed by atoms with Crippen LogP contribution in [-0.2, 0) is 4.79 Å². The van der Waals surface area contributed by atoms with Gasteiger partial charge < -0.3 is 14.8 Å². The number of amides is 1. The minimum Gasteiger partial charge on any atom is -0.493 e. The van der Waals surface area contributed by atoms with Crippen LogP contribution in [0.1, 0.15) is 62.2 Å². The van der Waals surface area contributed by atoms with Crippen molar-refractivity contribution in [3.8, 4) is 11.5 Å². The largest absolute Gasteiger partial charge is 0.493 e. The third-order valence-electron chi connectivity index (χ3n) is 6.77. The molecule has 5 heteroatoms. The van der Waals surface area contributed by atoms with Gasteiger partial charge in [-0.05, 0) is 80.2 Å². The van der Waals surface area contributed by atoms with Crippen LogP contribution in [0.5, 0.6) is 11.5 Å². The van der Waals surface area contributed by atoms with Crippen molar-refractivity contribution in [2.45, 2.75) is 51.9 Å². The van der Waals surface area contributed by atoms with Gasteiger partial charge in [-0.15, -0.1) is 0 Å². The highest BCUT2D eigenvalue weighted by atomic mass is 16.5. The molecule has 152 valence electrons. The predicted molar refractivity (Wildman–Crippen MR) is 107 cm³/mol. The highest BCUT2D eigenvalue weighted by molar-refractivity contribution is 5.81. The normalized spacial score (nSPS) is 30.1. The van der Waals surface area contributed by atoms with E-state index in [-0.39, 0.29) is 12.5 Å². The molecular formula is C23H31NO4. The molecule has 4 bridgehead atoms. The van der Waals surface area contributed by atoms with Crippen LogP contribution in [0.3, 0.4) is 0 Å². The van der Waals surface area contributed by atoms with Gasteiger partial charge in [-0.25, -0.2) is 0 Å². The number of carbonyl (C=O) groups is 2. The van der Waals surface area contributed by atoms with E-state index in [1.807, 2.05) is 6.92 Å². The molecule has 5 rings (SSSR count). The monoisotopic (exact) mass is 385 g/mol. The molecule has 5 nitrogen and oxygen atoms in total. The molecule has 0 atom stereocenters. The number of nitrogens with one attached hydrogen (secondary N) is 1. The molecule has 4 fully saturated rings. The molecule has 1 aromatic carbocycles. The smallest absolute Gasteiger partial charge is 0.257 e. The zero-order valence-electron chi connectivity index (χ0n) is 16.7. The molecule has 1 amide bonds. The summed E-state index contributed by atoms with van der Waals surface area (Å²) in [6.45, 7) is 3.32. The van der Waals surface area contributed by atoms with Crippen molar-refractivity contribution in [2.75, 3.05) is 19.8 Å². The minimum atomic E-state index is -0.118. The Hall–Kier alpha value is -2.04. The second kappa shape index (κ2) is 8.14. The van der Waals surface area contributed by atoms with Crippen LogP contribution >= 0.6 is 0 Å². The van der Waals surface area contributed by atoms with Crippen LogP contribution in [-0.4, -0.2) is 32.0 Å². The average molecular weight is 386 g/mol. The van der Waals surface area contributed by atoms with Gasteiger partial charge in [-0.3, -0.25) is 9.59 Å². The first kappa shape index (κ1) is 19.3. The first-order chi connectivity index (χ1) is 13.6. The molecule has 1 aromatic rings. The Morgan fingerprint density at radius 3 is 2.43 bits per heavy atom. The van der Waals surface area contributed by atoms with Gasteiger partial charge in [-0.2, -0.15) is 0 Å². The van der Waals surface area contributed by atoms with Crippen LogP contribution in [0.4, 0.5) is 0 Å². The summed E-state index contributed by atoms with van der Waals surface area (Å²) in [4.78, 5) is 23.7. The molecule has 4 saturated carbocycles. The summed E-state index contributed by atoms with van der Waals surface area (Å²) in [5.74, 6) is 3.55. The fourth-order valence-electron chi connectivity index (χ4n) is 6.03. The van der Waals surface area contributed by atoms with E-state index in [2.05, 4.69) is 5.32 Å². The van der Waals surface area contributed by atoms with Gasteiger partial charge in [0.05, 0.1) is 12.2 Å². The zero-order chi connectivity index (χ0) is 19.6. The molecule has 4 aliphatic carbocycles. The molecule has 0 saturated heterocycles. The van der Waals surface area contributed by atoms with Gasteiger partial charge in [0.15, 0.2) is 12.9 Å². The molecule has 28 heavy (non-hydrogen) atoms. The third-order valence-corrected chi connectivity index (χ3v) is 6.77. The summed E-state index contributed by atoms with van der Waals surface area (Å²) < 4.78 is 11.2. The zero-order valence-corrected chi connectivity index (χ0v) is 16.7. The van der Waals surface area contributed by atoms with E-state index in [1.165, 1.54) is 38.5 Å². The van der Waals surface area contributed by atoms with Crippen molar-refractivity contribution < 1.29 is 19.1 Å². The van der Waals surface area contributed by atoms with E-state index in [0.717, 1.165) is 37.0 Å². The molecule has 0 aromatic heterocycles. The van der Waals surface area contributed by atoms with Crippen LogP contribution in [0.25, 0.3) is 0 Å². The molecular weight excluding hydrogens is 354 g/mol. The molecule has 4 aliphatic rings. The van der Waals surface area contributed by atoms with Crippen molar-refractivity contribution in [2.24, 2.45) is 23.2 Å². The highest BCUT2D eigenvalue weighted by Crippen LogP contribution is 2.59. The number of hydrogen-bond acceptors (Lipinski definition) is 4. The standard InChI is InChI=1S/C23H31NO4/c1-2-5-27-20-4-3-19(13-25)21(9-20)28-14-22(26)24-15-23-10-16-6-17(11-23)8-18(7-16)12-23/h3-4,9,13,16-18H,2,5-8,10-12,14-15H2,1H3,(H,24,26). The fourth-order valence-corrected chi connectivity index (χ4v) is 6.03. The van der Waals surface area contributed by atoms with E-state index in [0.29, 0.717) is 29.1 Å². The Balaban J connectivity index is 1.30. The molecule has 1 N–H and O–H groups in total. The summed E-state index contributed by atoms with van der Waals surface area (Å²) in [5, 5.41) is 3.11. The maximum Gasteiger partial charge on any atom is 0.257 e. The van der Waals surface area contributed by atoms with Crippen molar-refractivity contribution in [1.29, 1.82) is 0 Å². The van der Waals surface area contributed by atoms with Crippen LogP contribution < -0.4 is 14.8 Å². The van der Waals surface area contributed by atoms with E-state index < -0.39 is 0 Å². The third kappa shape index (κ3) is 4.18. The van der Waals surface area contributed by atoms with Gasteiger partial charge in [-0.1, -0.05) is 6.92 Å². The highest BCUT2D eigenvalue weighted by Gasteiger charge is 2.50. The lowest BCUT2D eigenvalue weighted by molar-refractivity contribution is -0.125. The summed E-state index contributed by atoms with van der Waals surface area (Å²) in [7, 11) is 0. The molecule has 0 unspecified atom stereocenters. The van der Waals surface area contributed by atoms with Crippen molar-refractivity contribution in [3.63, 3.8) is 0 Å². The van der Waals surface area contributed by atoms with Gasteiger partial charge in [0.2, 0.25) is 0 Å². The Labute approximate surface area is 167 Å². The Morgan fingerprint density at radius 2 is 1.82 bits per heavy atom. The number of carbonyl (C=O) groups excluding carboxylic acids is 2. The topological polar surface area (TPSA) is 64.6 Å². The van der Waals surface area contributed by atoms with Gasteiger partial charge >= 0.3 is 0 Å². The van der Waals surface area contributed by atoms with Crippen LogP contribution in [0, 0.1) is 23.2 Å². The lowest BCUT2D eigenvalue weighted by atomic mass is 9.49. The maximum absolute atomic E-state index is 12.4. The number of benzene rings is 1. The van der Waals surface area contributed by atoms with Crippen molar-refractivity contribution in [3.05, 3.63) is 23.8 Å². The number of hydrogen-bond donors (Lipinski definition) is 1. The molecule has 0 heterocycles. The van der Waals surface area contributed by atoms with E-state index in [9.17, 15) is 9.59 Å².